The summed E-state index contributed by atoms with van der Waals surface area (Å²) in [7, 11) is -1.95. The molecule has 0 aromatic heterocycles. The molecule has 0 radical (unpaired) electrons. The third-order valence-corrected chi connectivity index (χ3v) is 5.33. The van der Waals surface area contributed by atoms with Crippen LogP contribution in [0.25, 0.3) is 0 Å². The van der Waals surface area contributed by atoms with Gasteiger partial charge in [0.1, 0.15) is 5.82 Å². The van der Waals surface area contributed by atoms with Crippen LogP contribution >= 0.6 is 0 Å². The van der Waals surface area contributed by atoms with Gasteiger partial charge in [0, 0.05) is 25.7 Å². The van der Waals surface area contributed by atoms with Crippen LogP contribution in [0.2, 0.25) is 0 Å². The Morgan fingerprint density at radius 1 is 1.35 bits per heavy atom. The molecule has 0 saturated carbocycles. The zero-order chi connectivity index (χ0) is 15.2. The van der Waals surface area contributed by atoms with E-state index in [-0.39, 0.29) is 12.4 Å². The van der Waals surface area contributed by atoms with Crippen molar-refractivity contribution in [1.82, 2.24) is 9.62 Å². The van der Waals surface area contributed by atoms with E-state index in [4.69, 9.17) is 0 Å². The Kier molecular flexibility index (Phi) is 6.58. The second-order valence-electron chi connectivity index (χ2n) is 4.91. The summed E-state index contributed by atoms with van der Waals surface area (Å²) in [6, 6.07) is 6.22. The van der Waals surface area contributed by atoms with Crippen LogP contribution < -0.4 is 5.32 Å². The number of sulfonamides is 1. The lowest BCUT2D eigenvalue weighted by molar-refractivity contribution is 0.445. The molecule has 4 nitrogen and oxygen atoms in total. The molecule has 1 unspecified atom stereocenters. The smallest absolute Gasteiger partial charge is 0.218 e. The minimum absolute atomic E-state index is 0.0487. The molecule has 0 saturated heterocycles. The number of rotatable bonds is 8. The van der Waals surface area contributed by atoms with Crippen LogP contribution in [-0.2, 0) is 16.6 Å². The van der Waals surface area contributed by atoms with Crippen molar-refractivity contribution in [3.63, 3.8) is 0 Å². The standard InChI is InChI=1S/C14H23FN2O2S/c1-4-9-16-10-12(2)20(18,19)17(3)11-13-7-5-6-8-14(13)15/h5-8,12,16H,4,9-11H2,1-3H3. The molecule has 0 aliphatic carbocycles. The van der Waals surface area contributed by atoms with Gasteiger partial charge in [-0.3, -0.25) is 0 Å². The molecule has 0 aliphatic heterocycles. The predicted octanol–water partition coefficient (Wildman–Crippen LogP) is 1.98. The van der Waals surface area contributed by atoms with Gasteiger partial charge in [0.2, 0.25) is 10.0 Å². The molecule has 20 heavy (non-hydrogen) atoms. The fraction of sp³-hybridized carbons (Fsp3) is 0.571. The topological polar surface area (TPSA) is 49.4 Å². The minimum Gasteiger partial charge on any atom is -0.315 e. The summed E-state index contributed by atoms with van der Waals surface area (Å²) >= 11 is 0. The van der Waals surface area contributed by atoms with Crippen LogP contribution in [0, 0.1) is 5.82 Å². The molecule has 114 valence electrons. The van der Waals surface area contributed by atoms with E-state index < -0.39 is 15.3 Å². The number of benzene rings is 1. The number of halogens is 1. The molecule has 0 spiro atoms. The van der Waals surface area contributed by atoms with Crippen LogP contribution in [-0.4, -0.2) is 38.1 Å². The molecule has 1 aromatic rings. The third kappa shape index (κ3) is 4.54. The van der Waals surface area contributed by atoms with Crippen molar-refractivity contribution >= 4 is 10.0 Å². The molecule has 0 amide bonds. The molecule has 0 aliphatic rings. The minimum atomic E-state index is -3.43. The maximum Gasteiger partial charge on any atom is 0.218 e. The van der Waals surface area contributed by atoms with Gasteiger partial charge in [-0.25, -0.2) is 17.1 Å². The maximum atomic E-state index is 13.6. The van der Waals surface area contributed by atoms with Crippen LogP contribution in [0.4, 0.5) is 4.39 Å². The van der Waals surface area contributed by atoms with E-state index in [1.165, 1.54) is 17.4 Å². The van der Waals surface area contributed by atoms with Crippen molar-refractivity contribution in [1.29, 1.82) is 0 Å². The van der Waals surface area contributed by atoms with Gasteiger partial charge < -0.3 is 5.32 Å². The highest BCUT2D eigenvalue weighted by molar-refractivity contribution is 7.89. The van der Waals surface area contributed by atoms with Crippen LogP contribution in [0.5, 0.6) is 0 Å². The van der Waals surface area contributed by atoms with Crippen molar-refractivity contribution in [2.24, 2.45) is 0 Å². The summed E-state index contributed by atoms with van der Waals surface area (Å²) in [5, 5.41) is 2.55. The van der Waals surface area contributed by atoms with Crippen molar-refractivity contribution in [3.05, 3.63) is 35.6 Å². The normalized spacial score (nSPS) is 13.7. The number of nitrogens with zero attached hydrogens (tertiary/aromatic N) is 1. The van der Waals surface area contributed by atoms with Crippen molar-refractivity contribution in [2.75, 3.05) is 20.1 Å². The largest absolute Gasteiger partial charge is 0.315 e. The highest BCUT2D eigenvalue weighted by atomic mass is 32.2. The van der Waals surface area contributed by atoms with Crippen LogP contribution in [0.15, 0.2) is 24.3 Å². The van der Waals surface area contributed by atoms with E-state index in [2.05, 4.69) is 5.32 Å². The van der Waals surface area contributed by atoms with Gasteiger partial charge in [0.15, 0.2) is 0 Å². The van der Waals surface area contributed by atoms with Gasteiger partial charge in [0.25, 0.3) is 0 Å². The highest BCUT2D eigenvalue weighted by Gasteiger charge is 2.26. The van der Waals surface area contributed by atoms with E-state index >= 15 is 0 Å². The molecular weight excluding hydrogens is 279 g/mol. The Labute approximate surface area is 121 Å². The number of nitrogens with one attached hydrogen (secondary N) is 1. The first-order valence-electron chi connectivity index (χ1n) is 6.78. The van der Waals surface area contributed by atoms with Gasteiger partial charge in [-0.2, -0.15) is 0 Å². The molecule has 6 heteroatoms. The van der Waals surface area contributed by atoms with E-state index in [0.717, 1.165) is 13.0 Å². The molecular formula is C14H23FN2O2S. The molecule has 1 rings (SSSR count). The van der Waals surface area contributed by atoms with Crippen molar-refractivity contribution < 1.29 is 12.8 Å². The lowest BCUT2D eigenvalue weighted by Crippen LogP contribution is -2.40. The fourth-order valence-corrected chi connectivity index (χ4v) is 3.11. The molecule has 1 N–H and O–H groups in total. The van der Waals surface area contributed by atoms with E-state index in [0.29, 0.717) is 12.1 Å². The Morgan fingerprint density at radius 2 is 2.00 bits per heavy atom. The van der Waals surface area contributed by atoms with Crippen molar-refractivity contribution in [2.45, 2.75) is 32.1 Å². The SMILES string of the molecule is CCCNCC(C)S(=O)(=O)N(C)Cc1ccccc1F. The molecule has 0 bridgehead atoms. The second-order valence-corrected chi connectivity index (χ2v) is 7.37. The fourth-order valence-electron chi connectivity index (χ4n) is 1.85. The highest BCUT2D eigenvalue weighted by Crippen LogP contribution is 2.14. The summed E-state index contributed by atoms with van der Waals surface area (Å²) in [6.07, 6.45) is 0.956. The maximum absolute atomic E-state index is 13.6. The molecule has 0 heterocycles. The molecule has 1 atom stereocenters. The Balaban J connectivity index is 2.69. The molecule has 0 fully saturated rings. The van der Waals surface area contributed by atoms with E-state index in [9.17, 15) is 12.8 Å². The van der Waals surface area contributed by atoms with E-state index in [1.54, 1.807) is 25.1 Å². The number of hydrogen-bond acceptors (Lipinski definition) is 3. The summed E-state index contributed by atoms with van der Waals surface area (Å²) in [5.41, 5.74) is 0.382. The van der Waals surface area contributed by atoms with Gasteiger partial charge in [-0.15, -0.1) is 0 Å². The van der Waals surface area contributed by atoms with Gasteiger partial charge in [-0.1, -0.05) is 25.1 Å². The Bertz CT molecular complexity index is 520. The Hall–Kier alpha value is -0.980. The first-order chi connectivity index (χ1) is 9.39. The summed E-state index contributed by atoms with van der Waals surface area (Å²) in [5.74, 6) is -0.383. The molecule has 1 aromatic carbocycles. The van der Waals surface area contributed by atoms with Gasteiger partial charge in [0.05, 0.1) is 5.25 Å². The van der Waals surface area contributed by atoms with Crippen LogP contribution in [0.3, 0.4) is 0 Å². The predicted molar refractivity (Wildman–Crippen MR) is 79.4 cm³/mol. The lowest BCUT2D eigenvalue weighted by Gasteiger charge is -2.22. The first-order valence-corrected chi connectivity index (χ1v) is 8.29. The van der Waals surface area contributed by atoms with E-state index in [1.807, 2.05) is 6.92 Å². The number of hydrogen-bond donors (Lipinski definition) is 1. The van der Waals surface area contributed by atoms with Crippen molar-refractivity contribution in [3.8, 4) is 0 Å². The zero-order valence-electron chi connectivity index (χ0n) is 12.3. The summed E-state index contributed by atoms with van der Waals surface area (Å²) in [4.78, 5) is 0. The Morgan fingerprint density at radius 3 is 2.60 bits per heavy atom. The zero-order valence-corrected chi connectivity index (χ0v) is 13.1. The summed E-state index contributed by atoms with van der Waals surface area (Å²) in [6.45, 7) is 4.92. The quantitative estimate of drug-likeness (QED) is 0.747. The average molecular weight is 302 g/mol. The summed E-state index contributed by atoms with van der Waals surface area (Å²) < 4.78 is 39.4. The third-order valence-electron chi connectivity index (χ3n) is 3.15. The van der Waals surface area contributed by atoms with Crippen LogP contribution in [0.1, 0.15) is 25.8 Å². The first kappa shape index (κ1) is 17.1. The average Bonchev–Trinajstić information content (AvgIpc) is 2.41. The van der Waals surface area contributed by atoms with Gasteiger partial charge >= 0.3 is 0 Å². The monoisotopic (exact) mass is 302 g/mol. The second kappa shape index (κ2) is 7.71. The van der Waals surface area contributed by atoms with Gasteiger partial charge in [-0.05, 0) is 26.0 Å². The lowest BCUT2D eigenvalue weighted by atomic mass is 10.2.